The fourth-order valence-electron chi connectivity index (χ4n) is 3.04. The van der Waals surface area contributed by atoms with Crippen molar-refractivity contribution in [2.45, 2.75) is 0 Å². The van der Waals surface area contributed by atoms with Gasteiger partial charge < -0.3 is 9.63 Å². The fraction of sp³-hybridized carbons (Fsp3) is 0. The molecule has 2 heterocycles. The fourth-order valence-corrected chi connectivity index (χ4v) is 3.04. The lowest BCUT2D eigenvalue weighted by molar-refractivity contribution is 0.0697. The highest BCUT2D eigenvalue weighted by molar-refractivity contribution is 6.08. The third kappa shape index (κ3) is 3.53. The number of pyridine rings is 1. The Labute approximate surface area is 169 Å². The summed E-state index contributed by atoms with van der Waals surface area (Å²) in [6, 6.07) is 15.1. The van der Waals surface area contributed by atoms with E-state index in [2.05, 4.69) is 15.5 Å². The zero-order valence-electron chi connectivity index (χ0n) is 15.4. The molecule has 148 valence electrons. The third-order valence-electron chi connectivity index (χ3n) is 4.42. The molecule has 0 unspecified atom stereocenters. The number of hydrogen-bond acceptors (Lipinski definition) is 5. The van der Waals surface area contributed by atoms with E-state index in [1.165, 1.54) is 30.3 Å². The Bertz CT molecular complexity index is 1240. The summed E-state index contributed by atoms with van der Waals surface area (Å²) >= 11 is 0. The number of carboxylic acids is 1. The molecule has 2 N–H and O–H groups in total. The lowest BCUT2D eigenvalue weighted by Gasteiger charge is -2.09. The van der Waals surface area contributed by atoms with Crippen molar-refractivity contribution in [1.29, 1.82) is 0 Å². The van der Waals surface area contributed by atoms with Crippen LogP contribution >= 0.6 is 0 Å². The number of benzene rings is 2. The van der Waals surface area contributed by atoms with Gasteiger partial charge >= 0.3 is 5.97 Å². The van der Waals surface area contributed by atoms with Crippen LogP contribution in [-0.2, 0) is 0 Å². The third-order valence-corrected chi connectivity index (χ3v) is 4.42. The molecule has 0 bridgehead atoms. The first kappa shape index (κ1) is 19.0. The van der Waals surface area contributed by atoms with Crippen molar-refractivity contribution in [3.8, 4) is 22.4 Å². The Morgan fingerprint density at radius 3 is 2.30 bits per heavy atom. The second-order valence-electron chi connectivity index (χ2n) is 6.26. The molecule has 0 radical (unpaired) electrons. The first-order chi connectivity index (χ1) is 14.6. The van der Waals surface area contributed by atoms with E-state index >= 15 is 0 Å². The van der Waals surface area contributed by atoms with E-state index < -0.39 is 17.7 Å². The van der Waals surface area contributed by atoms with Crippen LogP contribution in [0.25, 0.3) is 22.4 Å². The number of aromatic nitrogens is 2. The van der Waals surface area contributed by atoms with Crippen molar-refractivity contribution in [1.82, 2.24) is 10.1 Å². The number of halogens is 1. The lowest BCUT2D eigenvalue weighted by Crippen LogP contribution is -2.14. The van der Waals surface area contributed by atoms with Gasteiger partial charge in [-0.2, -0.15) is 0 Å². The molecule has 4 aromatic rings. The lowest BCUT2D eigenvalue weighted by atomic mass is 9.97. The summed E-state index contributed by atoms with van der Waals surface area (Å²) < 4.78 is 19.4. The van der Waals surface area contributed by atoms with E-state index in [-0.39, 0.29) is 22.6 Å². The van der Waals surface area contributed by atoms with E-state index in [1.807, 2.05) is 0 Å². The number of carbonyl (C=O) groups excluding carboxylic acids is 1. The monoisotopic (exact) mass is 403 g/mol. The number of hydrogen-bond donors (Lipinski definition) is 2. The molecule has 0 saturated heterocycles. The zero-order chi connectivity index (χ0) is 21.1. The Hall–Kier alpha value is -4.33. The van der Waals surface area contributed by atoms with Gasteiger partial charge in [0.25, 0.3) is 5.91 Å². The molecular weight excluding hydrogens is 389 g/mol. The van der Waals surface area contributed by atoms with Gasteiger partial charge in [-0.15, -0.1) is 0 Å². The normalized spacial score (nSPS) is 10.6. The second-order valence-corrected chi connectivity index (χ2v) is 6.26. The molecule has 7 nitrogen and oxygen atoms in total. The molecule has 1 amide bonds. The molecule has 8 heteroatoms. The van der Waals surface area contributed by atoms with E-state index in [1.54, 1.807) is 42.7 Å². The number of carboxylic acid groups (broad SMARTS) is 1. The van der Waals surface area contributed by atoms with E-state index in [0.717, 1.165) is 0 Å². The molecule has 4 rings (SSSR count). The van der Waals surface area contributed by atoms with E-state index in [9.17, 15) is 19.1 Å². The van der Waals surface area contributed by atoms with E-state index in [0.29, 0.717) is 16.8 Å². The summed E-state index contributed by atoms with van der Waals surface area (Å²) in [6.07, 6.45) is 3.10. The van der Waals surface area contributed by atoms with Gasteiger partial charge in [0, 0.05) is 23.5 Å². The summed E-state index contributed by atoms with van der Waals surface area (Å²) in [5.74, 6) is -2.70. The van der Waals surface area contributed by atoms with Gasteiger partial charge in [0.2, 0.25) is 5.88 Å². The summed E-state index contributed by atoms with van der Waals surface area (Å²) in [5.41, 5.74) is 1.30. The van der Waals surface area contributed by atoms with Gasteiger partial charge in [-0.1, -0.05) is 35.5 Å². The largest absolute Gasteiger partial charge is 0.478 e. The van der Waals surface area contributed by atoms with E-state index in [4.69, 9.17) is 4.52 Å². The van der Waals surface area contributed by atoms with Crippen molar-refractivity contribution < 1.29 is 23.6 Å². The SMILES string of the molecule is O=C(Nc1onc(-c2ccncc2)c1-c1ccccc1C(=O)O)c1ccccc1F. The van der Waals surface area contributed by atoms with Gasteiger partial charge in [-0.05, 0) is 30.3 Å². The maximum atomic E-state index is 14.0. The van der Waals surface area contributed by atoms with Gasteiger partial charge in [0.1, 0.15) is 11.5 Å². The van der Waals surface area contributed by atoms with Crippen LogP contribution in [0.1, 0.15) is 20.7 Å². The van der Waals surface area contributed by atoms with Crippen LogP contribution in [0.15, 0.2) is 77.6 Å². The average Bonchev–Trinajstić information content (AvgIpc) is 3.17. The highest BCUT2D eigenvalue weighted by Gasteiger charge is 2.25. The van der Waals surface area contributed by atoms with Crippen LogP contribution in [-0.4, -0.2) is 27.1 Å². The molecule has 0 spiro atoms. The number of carbonyl (C=O) groups is 2. The van der Waals surface area contributed by atoms with Crippen molar-refractivity contribution in [3.05, 3.63) is 90.0 Å². The van der Waals surface area contributed by atoms with Crippen LogP contribution in [0.3, 0.4) is 0 Å². The number of aromatic carboxylic acids is 1. The van der Waals surface area contributed by atoms with Gasteiger partial charge in [0.15, 0.2) is 0 Å². The molecule has 30 heavy (non-hydrogen) atoms. The standard InChI is InChI=1S/C22H14FN3O4/c23-17-8-4-3-7-16(17)20(27)25-21-18(14-5-1-2-6-15(14)22(28)29)19(26-30-21)13-9-11-24-12-10-13/h1-12H,(H,25,27)(H,28,29). The maximum Gasteiger partial charge on any atom is 0.336 e. The van der Waals surface area contributed by atoms with Gasteiger partial charge in [-0.25, -0.2) is 9.18 Å². The predicted molar refractivity (Wildman–Crippen MR) is 106 cm³/mol. The number of amides is 1. The van der Waals surface area contributed by atoms with Crippen molar-refractivity contribution in [2.24, 2.45) is 0 Å². The van der Waals surface area contributed by atoms with Gasteiger partial charge in [-0.3, -0.25) is 15.1 Å². The molecule has 2 aromatic heterocycles. The smallest absolute Gasteiger partial charge is 0.336 e. The molecule has 2 aromatic carbocycles. The molecule has 0 fully saturated rings. The Morgan fingerprint density at radius 2 is 1.60 bits per heavy atom. The first-order valence-corrected chi connectivity index (χ1v) is 8.85. The zero-order valence-corrected chi connectivity index (χ0v) is 15.4. The van der Waals surface area contributed by atoms with Crippen LogP contribution in [0.4, 0.5) is 10.3 Å². The summed E-state index contributed by atoms with van der Waals surface area (Å²) in [7, 11) is 0. The quantitative estimate of drug-likeness (QED) is 0.509. The maximum absolute atomic E-state index is 14.0. The van der Waals surface area contributed by atoms with Gasteiger partial charge in [0.05, 0.1) is 16.7 Å². The highest BCUT2D eigenvalue weighted by atomic mass is 19.1. The van der Waals surface area contributed by atoms with Crippen LogP contribution in [0, 0.1) is 5.82 Å². The summed E-state index contributed by atoms with van der Waals surface area (Å²) in [4.78, 5) is 28.3. The van der Waals surface area contributed by atoms with Crippen LogP contribution < -0.4 is 5.32 Å². The minimum Gasteiger partial charge on any atom is -0.478 e. The molecule has 0 saturated carbocycles. The van der Waals surface area contributed by atoms with Crippen molar-refractivity contribution in [3.63, 3.8) is 0 Å². The number of nitrogens with zero attached hydrogens (tertiary/aromatic N) is 2. The summed E-state index contributed by atoms with van der Waals surface area (Å²) in [6.45, 7) is 0. The molecule has 0 aliphatic carbocycles. The molecular formula is C22H14FN3O4. The van der Waals surface area contributed by atoms with Crippen LogP contribution in [0.5, 0.6) is 0 Å². The summed E-state index contributed by atoms with van der Waals surface area (Å²) in [5, 5.41) is 16.1. The predicted octanol–water partition coefficient (Wildman–Crippen LogP) is 4.49. The number of anilines is 1. The second kappa shape index (κ2) is 7.96. The topological polar surface area (TPSA) is 105 Å². The molecule has 0 aliphatic heterocycles. The minimum absolute atomic E-state index is 0.00241. The minimum atomic E-state index is -1.15. The van der Waals surface area contributed by atoms with Crippen molar-refractivity contribution in [2.75, 3.05) is 5.32 Å². The Morgan fingerprint density at radius 1 is 0.933 bits per heavy atom. The van der Waals surface area contributed by atoms with Crippen LogP contribution in [0.2, 0.25) is 0 Å². The first-order valence-electron chi connectivity index (χ1n) is 8.85. The Kier molecular flexibility index (Phi) is 5.04. The molecule has 0 atom stereocenters. The van der Waals surface area contributed by atoms with Crippen molar-refractivity contribution >= 4 is 17.8 Å². The average molecular weight is 403 g/mol. The number of rotatable bonds is 5. The molecule has 0 aliphatic rings. The Balaban J connectivity index is 1.87. The highest BCUT2D eigenvalue weighted by Crippen LogP contribution is 2.39. The number of nitrogens with one attached hydrogen (secondary N) is 1.